The van der Waals surface area contributed by atoms with Crippen LogP contribution in [0.3, 0.4) is 0 Å². The summed E-state index contributed by atoms with van der Waals surface area (Å²) in [4.78, 5) is 22.1. The van der Waals surface area contributed by atoms with Gasteiger partial charge in [-0.2, -0.15) is 0 Å². The SMILES string of the molecule is CCCC(CC(=O)O)(CC(=O)O)c1ccccc1. The molecule has 0 fully saturated rings. The Morgan fingerprint density at radius 1 is 1.06 bits per heavy atom. The van der Waals surface area contributed by atoms with Crippen LogP contribution in [0.1, 0.15) is 38.2 Å². The molecule has 0 bridgehead atoms. The van der Waals surface area contributed by atoms with Gasteiger partial charge in [-0.15, -0.1) is 0 Å². The number of hydrogen-bond acceptors (Lipinski definition) is 2. The Morgan fingerprint density at radius 2 is 1.56 bits per heavy atom. The zero-order chi connectivity index (χ0) is 13.6. The van der Waals surface area contributed by atoms with Crippen molar-refractivity contribution >= 4 is 11.9 Å². The van der Waals surface area contributed by atoms with Gasteiger partial charge in [0.2, 0.25) is 0 Å². The average molecular weight is 250 g/mol. The number of rotatable bonds is 7. The van der Waals surface area contributed by atoms with Crippen molar-refractivity contribution in [2.75, 3.05) is 0 Å². The molecule has 98 valence electrons. The lowest BCUT2D eigenvalue weighted by Crippen LogP contribution is -2.32. The van der Waals surface area contributed by atoms with Gasteiger partial charge in [-0.3, -0.25) is 9.59 Å². The van der Waals surface area contributed by atoms with Gasteiger partial charge in [-0.25, -0.2) is 0 Å². The molecule has 0 aliphatic heterocycles. The van der Waals surface area contributed by atoms with E-state index in [4.69, 9.17) is 10.2 Å². The highest BCUT2D eigenvalue weighted by Crippen LogP contribution is 2.36. The molecule has 0 aromatic heterocycles. The lowest BCUT2D eigenvalue weighted by Gasteiger charge is -2.31. The van der Waals surface area contributed by atoms with E-state index in [1.165, 1.54) is 0 Å². The summed E-state index contributed by atoms with van der Waals surface area (Å²) >= 11 is 0. The molecule has 0 saturated heterocycles. The first kappa shape index (κ1) is 14.2. The van der Waals surface area contributed by atoms with Gasteiger partial charge in [0.25, 0.3) is 0 Å². The third-order valence-electron chi connectivity index (χ3n) is 3.09. The standard InChI is InChI=1S/C14H18O4/c1-2-8-14(9-12(15)16,10-13(17)18)11-6-4-3-5-7-11/h3-7H,2,8-10H2,1H3,(H,15,16)(H,17,18). The van der Waals surface area contributed by atoms with Gasteiger partial charge in [-0.1, -0.05) is 43.7 Å². The molecule has 0 radical (unpaired) electrons. The minimum atomic E-state index is -0.964. The molecule has 0 aliphatic rings. The van der Waals surface area contributed by atoms with Crippen LogP contribution in [0.15, 0.2) is 30.3 Å². The summed E-state index contributed by atoms with van der Waals surface area (Å²) < 4.78 is 0. The maximum atomic E-state index is 11.1. The Hall–Kier alpha value is -1.84. The lowest BCUT2D eigenvalue weighted by molar-refractivity contribution is -0.141. The molecule has 4 heteroatoms. The Kier molecular flexibility index (Phi) is 4.89. The van der Waals surface area contributed by atoms with E-state index in [0.29, 0.717) is 6.42 Å². The fraction of sp³-hybridized carbons (Fsp3) is 0.429. The molecule has 1 rings (SSSR count). The summed E-state index contributed by atoms with van der Waals surface area (Å²) in [7, 11) is 0. The van der Waals surface area contributed by atoms with Crippen molar-refractivity contribution in [1.29, 1.82) is 0 Å². The summed E-state index contributed by atoms with van der Waals surface area (Å²) in [5.74, 6) is -1.93. The van der Waals surface area contributed by atoms with E-state index in [-0.39, 0.29) is 12.8 Å². The Bertz CT molecular complexity index is 395. The maximum Gasteiger partial charge on any atom is 0.304 e. The van der Waals surface area contributed by atoms with Gasteiger partial charge in [0.15, 0.2) is 0 Å². The normalized spacial score (nSPS) is 11.2. The van der Waals surface area contributed by atoms with Crippen LogP contribution < -0.4 is 0 Å². The predicted molar refractivity (Wildman–Crippen MR) is 67.5 cm³/mol. The molecule has 1 aromatic carbocycles. The van der Waals surface area contributed by atoms with Crippen LogP contribution in [-0.2, 0) is 15.0 Å². The zero-order valence-electron chi connectivity index (χ0n) is 10.4. The minimum absolute atomic E-state index is 0.156. The first-order chi connectivity index (χ1) is 8.50. The van der Waals surface area contributed by atoms with Crippen LogP contribution >= 0.6 is 0 Å². The first-order valence-corrected chi connectivity index (χ1v) is 5.99. The quantitative estimate of drug-likeness (QED) is 0.780. The second kappa shape index (κ2) is 6.19. The fourth-order valence-corrected chi connectivity index (χ4v) is 2.44. The zero-order valence-corrected chi connectivity index (χ0v) is 10.4. The molecule has 0 spiro atoms. The third kappa shape index (κ3) is 3.58. The summed E-state index contributed by atoms with van der Waals surface area (Å²) in [6, 6.07) is 9.07. The van der Waals surface area contributed by atoms with Crippen molar-refractivity contribution in [3.63, 3.8) is 0 Å². The predicted octanol–water partition coefficient (Wildman–Crippen LogP) is 2.67. The van der Waals surface area contributed by atoms with Crippen molar-refractivity contribution in [2.45, 2.75) is 38.0 Å². The van der Waals surface area contributed by atoms with Crippen molar-refractivity contribution < 1.29 is 19.8 Å². The average Bonchev–Trinajstić information content (AvgIpc) is 2.28. The summed E-state index contributed by atoms with van der Waals surface area (Å²) in [6.07, 6.45) is 0.985. The topological polar surface area (TPSA) is 74.6 Å². The maximum absolute atomic E-state index is 11.1. The van der Waals surface area contributed by atoms with Crippen molar-refractivity contribution in [3.8, 4) is 0 Å². The van der Waals surface area contributed by atoms with Crippen LogP contribution in [0.25, 0.3) is 0 Å². The van der Waals surface area contributed by atoms with Crippen LogP contribution in [0.5, 0.6) is 0 Å². The highest BCUT2D eigenvalue weighted by Gasteiger charge is 2.36. The molecule has 0 saturated carbocycles. The molecule has 1 aromatic rings. The van der Waals surface area contributed by atoms with Gasteiger partial charge in [0, 0.05) is 5.41 Å². The molecule has 4 nitrogen and oxygen atoms in total. The molecule has 18 heavy (non-hydrogen) atoms. The minimum Gasteiger partial charge on any atom is -0.481 e. The molecule has 0 aliphatic carbocycles. The summed E-state index contributed by atoms with van der Waals surface area (Å²) in [5, 5.41) is 18.1. The van der Waals surface area contributed by atoms with E-state index >= 15 is 0 Å². The highest BCUT2D eigenvalue weighted by atomic mass is 16.4. The van der Waals surface area contributed by atoms with E-state index in [1.807, 2.05) is 37.3 Å². The van der Waals surface area contributed by atoms with Crippen LogP contribution in [0.2, 0.25) is 0 Å². The molecule has 0 unspecified atom stereocenters. The molecule has 0 amide bonds. The smallest absolute Gasteiger partial charge is 0.304 e. The van der Waals surface area contributed by atoms with Crippen molar-refractivity contribution in [3.05, 3.63) is 35.9 Å². The van der Waals surface area contributed by atoms with Crippen LogP contribution in [0.4, 0.5) is 0 Å². The number of carboxylic acid groups (broad SMARTS) is 2. The van der Waals surface area contributed by atoms with Gasteiger partial charge in [0.1, 0.15) is 0 Å². The molecule has 2 N–H and O–H groups in total. The Labute approximate surface area is 106 Å². The first-order valence-electron chi connectivity index (χ1n) is 5.99. The number of benzene rings is 1. The highest BCUT2D eigenvalue weighted by molar-refractivity contribution is 5.74. The summed E-state index contributed by atoms with van der Waals surface area (Å²) in [5.41, 5.74) is -0.0233. The number of aliphatic carboxylic acids is 2. The van der Waals surface area contributed by atoms with Gasteiger partial charge >= 0.3 is 11.9 Å². The number of carbonyl (C=O) groups is 2. The number of hydrogen-bond donors (Lipinski definition) is 2. The van der Waals surface area contributed by atoms with Gasteiger partial charge in [-0.05, 0) is 12.0 Å². The van der Waals surface area contributed by atoms with E-state index in [2.05, 4.69) is 0 Å². The largest absolute Gasteiger partial charge is 0.481 e. The second-order valence-electron chi connectivity index (χ2n) is 4.54. The second-order valence-corrected chi connectivity index (χ2v) is 4.54. The molecule has 0 atom stereocenters. The third-order valence-corrected chi connectivity index (χ3v) is 3.09. The van der Waals surface area contributed by atoms with E-state index in [9.17, 15) is 9.59 Å². The monoisotopic (exact) mass is 250 g/mol. The molecular weight excluding hydrogens is 232 g/mol. The van der Waals surface area contributed by atoms with Crippen molar-refractivity contribution in [1.82, 2.24) is 0 Å². The fourth-order valence-electron chi connectivity index (χ4n) is 2.44. The van der Waals surface area contributed by atoms with E-state index in [1.54, 1.807) is 0 Å². The Morgan fingerprint density at radius 3 is 1.94 bits per heavy atom. The van der Waals surface area contributed by atoms with E-state index in [0.717, 1.165) is 12.0 Å². The number of carboxylic acids is 2. The van der Waals surface area contributed by atoms with Crippen LogP contribution in [-0.4, -0.2) is 22.2 Å². The lowest BCUT2D eigenvalue weighted by atomic mass is 9.72. The van der Waals surface area contributed by atoms with Gasteiger partial charge in [0.05, 0.1) is 12.8 Å². The molecular formula is C14H18O4. The van der Waals surface area contributed by atoms with Crippen LogP contribution in [0, 0.1) is 0 Å². The summed E-state index contributed by atoms with van der Waals surface area (Å²) in [6.45, 7) is 1.93. The molecule has 0 heterocycles. The van der Waals surface area contributed by atoms with Crippen molar-refractivity contribution in [2.24, 2.45) is 0 Å². The van der Waals surface area contributed by atoms with Gasteiger partial charge < -0.3 is 10.2 Å². The van der Waals surface area contributed by atoms with E-state index < -0.39 is 17.4 Å². The Balaban J connectivity index is 3.18.